The lowest BCUT2D eigenvalue weighted by Gasteiger charge is -2.39. The van der Waals surface area contributed by atoms with Gasteiger partial charge in [0.15, 0.2) is 0 Å². The molecule has 0 saturated carbocycles. The summed E-state index contributed by atoms with van der Waals surface area (Å²) >= 11 is 0. The molecular formula is C12H21N3O4. The molecule has 1 saturated heterocycles. The number of methoxy groups -OCH3 is 1. The lowest BCUT2D eigenvalue weighted by atomic mass is 10.1. The second-order valence-corrected chi connectivity index (χ2v) is 4.80. The number of carbonyl (C=O) groups excluding carboxylic acids is 3. The standard InChI is InChI=1S/C12H21N3O4/c1-8(2)13-12(18)14-5-6-15(9(3)16)10(7-14)11(17)19-4/h8,10H,5-7H2,1-4H3,(H,13,18)/t10-/m1/s1. The summed E-state index contributed by atoms with van der Waals surface area (Å²) in [4.78, 5) is 38.0. The van der Waals surface area contributed by atoms with E-state index < -0.39 is 12.0 Å². The van der Waals surface area contributed by atoms with Gasteiger partial charge < -0.3 is 19.9 Å². The normalized spacial score (nSPS) is 19.3. The van der Waals surface area contributed by atoms with Crippen molar-refractivity contribution in [3.63, 3.8) is 0 Å². The largest absolute Gasteiger partial charge is 0.467 e. The number of nitrogens with one attached hydrogen (secondary N) is 1. The Morgan fingerprint density at radius 2 is 1.89 bits per heavy atom. The SMILES string of the molecule is COC(=O)[C@H]1CN(C(=O)NC(C)C)CCN1C(C)=O. The van der Waals surface area contributed by atoms with Gasteiger partial charge in [-0.3, -0.25) is 4.79 Å². The molecule has 0 aromatic carbocycles. The molecule has 7 heteroatoms. The van der Waals surface area contributed by atoms with Crippen LogP contribution in [0.2, 0.25) is 0 Å². The number of carbonyl (C=O) groups is 3. The molecule has 0 spiro atoms. The van der Waals surface area contributed by atoms with E-state index in [1.807, 2.05) is 13.8 Å². The first-order valence-electron chi connectivity index (χ1n) is 6.27. The van der Waals surface area contributed by atoms with Gasteiger partial charge in [0.25, 0.3) is 0 Å². The minimum atomic E-state index is -0.728. The summed E-state index contributed by atoms with van der Waals surface area (Å²) in [5.41, 5.74) is 0. The van der Waals surface area contributed by atoms with Crippen LogP contribution in [0.5, 0.6) is 0 Å². The van der Waals surface area contributed by atoms with Crippen LogP contribution in [0.15, 0.2) is 0 Å². The van der Waals surface area contributed by atoms with Gasteiger partial charge in [0.2, 0.25) is 5.91 Å². The van der Waals surface area contributed by atoms with E-state index in [1.165, 1.54) is 23.8 Å². The number of amides is 3. The molecule has 1 aliphatic heterocycles. The number of hydrogen-bond acceptors (Lipinski definition) is 4. The van der Waals surface area contributed by atoms with Gasteiger partial charge in [0, 0.05) is 26.1 Å². The fourth-order valence-electron chi connectivity index (χ4n) is 2.02. The maximum Gasteiger partial charge on any atom is 0.330 e. The van der Waals surface area contributed by atoms with E-state index in [0.717, 1.165) is 0 Å². The van der Waals surface area contributed by atoms with Gasteiger partial charge in [-0.25, -0.2) is 9.59 Å². The Morgan fingerprint density at radius 1 is 1.26 bits per heavy atom. The molecule has 3 amide bonds. The van der Waals surface area contributed by atoms with Crippen molar-refractivity contribution in [3.8, 4) is 0 Å². The molecule has 1 fully saturated rings. The van der Waals surface area contributed by atoms with Gasteiger partial charge in [-0.1, -0.05) is 0 Å². The van der Waals surface area contributed by atoms with Crippen LogP contribution in [0.25, 0.3) is 0 Å². The van der Waals surface area contributed by atoms with Crippen LogP contribution >= 0.6 is 0 Å². The first-order valence-corrected chi connectivity index (χ1v) is 6.27. The molecule has 1 N–H and O–H groups in total. The summed E-state index contributed by atoms with van der Waals surface area (Å²) in [5.74, 6) is -0.698. The quantitative estimate of drug-likeness (QED) is 0.706. The molecule has 0 radical (unpaired) electrons. The Bertz CT molecular complexity index is 370. The van der Waals surface area contributed by atoms with Crippen molar-refractivity contribution < 1.29 is 19.1 Å². The number of nitrogens with zero attached hydrogens (tertiary/aromatic N) is 2. The Morgan fingerprint density at radius 3 is 2.37 bits per heavy atom. The van der Waals surface area contributed by atoms with E-state index in [4.69, 9.17) is 0 Å². The molecule has 1 rings (SSSR count). The highest BCUT2D eigenvalue weighted by Crippen LogP contribution is 2.12. The lowest BCUT2D eigenvalue weighted by Crippen LogP contribution is -2.61. The van der Waals surface area contributed by atoms with Gasteiger partial charge in [-0.2, -0.15) is 0 Å². The molecule has 7 nitrogen and oxygen atoms in total. The number of piperazine rings is 1. The highest BCUT2D eigenvalue weighted by Gasteiger charge is 2.36. The minimum absolute atomic E-state index is 0.0231. The average molecular weight is 271 g/mol. The smallest absolute Gasteiger partial charge is 0.330 e. The second kappa shape index (κ2) is 6.40. The van der Waals surface area contributed by atoms with E-state index in [2.05, 4.69) is 10.1 Å². The molecule has 0 aromatic rings. The van der Waals surface area contributed by atoms with Gasteiger partial charge in [0.1, 0.15) is 6.04 Å². The molecule has 1 atom stereocenters. The molecule has 0 aliphatic carbocycles. The fourth-order valence-corrected chi connectivity index (χ4v) is 2.02. The predicted octanol–water partition coefficient (Wildman–Crippen LogP) is -0.190. The van der Waals surface area contributed by atoms with Crippen molar-refractivity contribution in [2.75, 3.05) is 26.7 Å². The molecule has 108 valence electrons. The van der Waals surface area contributed by atoms with E-state index in [-0.39, 0.29) is 24.5 Å². The topological polar surface area (TPSA) is 79.0 Å². The van der Waals surface area contributed by atoms with Gasteiger partial charge in [-0.15, -0.1) is 0 Å². The summed E-state index contributed by atoms with van der Waals surface area (Å²) in [6, 6.07) is -0.934. The molecule has 1 aliphatic rings. The predicted molar refractivity (Wildman–Crippen MR) is 68.4 cm³/mol. The number of urea groups is 1. The van der Waals surface area contributed by atoms with Crippen LogP contribution in [0.1, 0.15) is 20.8 Å². The first kappa shape index (κ1) is 15.3. The van der Waals surface area contributed by atoms with Crippen molar-refractivity contribution in [1.29, 1.82) is 0 Å². The number of esters is 1. The van der Waals surface area contributed by atoms with E-state index in [1.54, 1.807) is 0 Å². The zero-order chi connectivity index (χ0) is 14.6. The maximum absolute atomic E-state index is 11.9. The maximum atomic E-state index is 11.9. The summed E-state index contributed by atoms with van der Waals surface area (Å²) in [7, 11) is 1.27. The number of ether oxygens (including phenoxy) is 1. The van der Waals surface area contributed by atoms with Gasteiger partial charge in [0.05, 0.1) is 13.7 Å². The Labute approximate surface area is 112 Å². The van der Waals surface area contributed by atoms with Crippen LogP contribution in [-0.2, 0) is 14.3 Å². The molecule has 0 unspecified atom stereocenters. The first-order chi connectivity index (χ1) is 8.86. The van der Waals surface area contributed by atoms with Crippen molar-refractivity contribution in [3.05, 3.63) is 0 Å². The van der Waals surface area contributed by atoms with Crippen molar-refractivity contribution >= 4 is 17.9 Å². The molecule has 1 heterocycles. The van der Waals surface area contributed by atoms with Crippen molar-refractivity contribution in [2.45, 2.75) is 32.9 Å². The van der Waals surface area contributed by atoms with Crippen LogP contribution < -0.4 is 5.32 Å². The minimum Gasteiger partial charge on any atom is -0.467 e. The summed E-state index contributed by atoms with van der Waals surface area (Å²) in [5, 5.41) is 2.77. The third-order valence-corrected chi connectivity index (χ3v) is 2.96. The van der Waals surface area contributed by atoms with Crippen LogP contribution in [-0.4, -0.2) is 66.5 Å². The van der Waals surface area contributed by atoms with Gasteiger partial charge in [-0.05, 0) is 13.8 Å². The lowest BCUT2D eigenvalue weighted by molar-refractivity contribution is -0.154. The Balaban J connectivity index is 2.76. The Kier molecular flexibility index (Phi) is 5.14. The molecule has 0 aromatic heterocycles. The molecule has 19 heavy (non-hydrogen) atoms. The number of rotatable bonds is 2. The van der Waals surface area contributed by atoms with Crippen LogP contribution in [0.3, 0.4) is 0 Å². The average Bonchev–Trinajstić information content (AvgIpc) is 2.36. The van der Waals surface area contributed by atoms with E-state index >= 15 is 0 Å². The zero-order valence-corrected chi connectivity index (χ0v) is 11.8. The van der Waals surface area contributed by atoms with Crippen LogP contribution in [0.4, 0.5) is 4.79 Å². The third-order valence-electron chi connectivity index (χ3n) is 2.96. The van der Waals surface area contributed by atoms with Crippen molar-refractivity contribution in [2.24, 2.45) is 0 Å². The summed E-state index contributed by atoms with van der Waals surface area (Å²) < 4.78 is 4.69. The Hall–Kier alpha value is -1.79. The monoisotopic (exact) mass is 271 g/mol. The van der Waals surface area contributed by atoms with E-state index in [0.29, 0.717) is 13.1 Å². The van der Waals surface area contributed by atoms with Gasteiger partial charge >= 0.3 is 12.0 Å². The highest BCUT2D eigenvalue weighted by molar-refractivity contribution is 5.85. The third kappa shape index (κ3) is 3.84. The zero-order valence-electron chi connectivity index (χ0n) is 11.8. The molecule has 0 bridgehead atoms. The summed E-state index contributed by atoms with van der Waals surface area (Å²) in [6.45, 7) is 6.03. The molecular weight excluding hydrogens is 250 g/mol. The fraction of sp³-hybridized carbons (Fsp3) is 0.750. The van der Waals surface area contributed by atoms with Crippen LogP contribution in [0, 0.1) is 0 Å². The van der Waals surface area contributed by atoms with Crippen molar-refractivity contribution in [1.82, 2.24) is 15.1 Å². The number of hydrogen-bond donors (Lipinski definition) is 1. The van der Waals surface area contributed by atoms with E-state index in [9.17, 15) is 14.4 Å². The second-order valence-electron chi connectivity index (χ2n) is 4.80. The highest BCUT2D eigenvalue weighted by atomic mass is 16.5. The summed E-state index contributed by atoms with van der Waals surface area (Å²) in [6.07, 6.45) is 0.